The Labute approximate surface area is 68.4 Å². The number of nitrogens with one attached hydrogen (secondary N) is 1. The van der Waals surface area contributed by atoms with E-state index in [-0.39, 0.29) is 18.5 Å². The molecule has 0 aromatic carbocycles. The summed E-state index contributed by atoms with van der Waals surface area (Å²) in [5.41, 5.74) is 0. The molecule has 10 heavy (non-hydrogen) atoms. The molecule has 1 heterocycles. The highest BCUT2D eigenvalue weighted by Gasteiger charge is 2.16. The molecule has 0 amide bonds. The lowest BCUT2D eigenvalue weighted by Crippen LogP contribution is -2.32. The van der Waals surface area contributed by atoms with E-state index < -0.39 is 0 Å². The van der Waals surface area contributed by atoms with Crippen molar-refractivity contribution in [3.63, 3.8) is 0 Å². The lowest BCUT2D eigenvalue weighted by atomic mass is 9.93. The van der Waals surface area contributed by atoms with Gasteiger partial charge >= 0.3 is 0 Å². The van der Waals surface area contributed by atoms with Crippen LogP contribution in [0.3, 0.4) is 0 Å². The third-order valence-corrected chi connectivity index (χ3v) is 2.07. The van der Waals surface area contributed by atoms with E-state index in [2.05, 4.69) is 5.32 Å². The van der Waals surface area contributed by atoms with Gasteiger partial charge in [0.15, 0.2) is 0 Å². The molecule has 1 saturated heterocycles. The lowest BCUT2D eigenvalue weighted by Gasteiger charge is -2.24. The van der Waals surface area contributed by atoms with Crippen molar-refractivity contribution >= 4 is 12.4 Å². The summed E-state index contributed by atoms with van der Waals surface area (Å²) in [5, 5.41) is 12.4. The first-order chi connectivity index (χ1) is 4.30. The fourth-order valence-corrected chi connectivity index (χ4v) is 1.33. The van der Waals surface area contributed by atoms with Crippen LogP contribution in [0.1, 0.15) is 19.8 Å². The van der Waals surface area contributed by atoms with Crippen molar-refractivity contribution in [2.45, 2.75) is 25.9 Å². The van der Waals surface area contributed by atoms with Crippen molar-refractivity contribution in [1.82, 2.24) is 5.32 Å². The van der Waals surface area contributed by atoms with Crippen LogP contribution in [0, 0.1) is 5.92 Å². The predicted octanol–water partition coefficient (Wildman–Crippen LogP) is 0.789. The fourth-order valence-electron chi connectivity index (χ4n) is 1.33. The van der Waals surface area contributed by atoms with E-state index >= 15 is 0 Å². The molecule has 62 valence electrons. The third-order valence-electron chi connectivity index (χ3n) is 2.07. The van der Waals surface area contributed by atoms with Crippen molar-refractivity contribution in [2.75, 3.05) is 13.1 Å². The average Bonchev–Trinajstić information content (AvgIpc) is 1.90. The zero-order valence-corrected chi connectivity index (χ0v) is 7.16. The summed E-state index contributed by atoms with van der Waals surface area (Å²) >= 11 is 0. The molecule has 0 spiro atoms. The molecule has 2 N–H and O–H groups in total. The molecular weight excluding hydrogens is 150 g/mol. The summed E-state index contributed by atoms with van der Waals surface area (Å²) in [6, 6.07) is 0. The van der Waals surface area contributed by atoms with E-state index in [1.54, 1.807) is 0 Å². The number of piperidine rings is 1. The van der Waals surface area contributed by atoms with Crippen LogP contribution < -0.4 is 5.32 Å². The normalized spacial score (nSPS) is 23.4. The Hall–Kier alpha value is 0.210. The van der Waals surface area contributed by atoms with Crippen LogP contribution in [0.5, 0.6) is 0 Å². The number of aliphatic hydroxyl groups is 1. The number of hydrogen-bond donors (Lipinski definition) is 2. The molecule has 0 saturated carbocycles. The monoisotopic (exact) mass is 165 g/mol. The van der Waals surface area contributed by atoms with Gasteiger partial charge in [0.1, 0.15) is 0 Å². The topological polar surface area (TPSA) is 32.3 Å². The Morgan fingerprint density at radius 1 is 1.40 bits per heavy atom. The van der Waals surface area contributed by atoms with Crippen molar-refractivity contribution in [3.05, 3.63) is 0 Å². The summed E-state index contributed by atoms with van der Waals surface area (Å²) in [6.45, 7) is 4.04. The van der Waals surface area contributed by atoms with E-state index in [1.165, 1.54) is 0 Å². The van der Waals surface area contributed by atoms with Gasteiger partial charge in [0, 0.05) is 0 Å². The maximum absolute atomic E-state index is 9.15. The van der Waals surface area contributed by atoms with Gasteiger partial charge in [0.05, 0.1) is 6.10 Å². The van der Waals surface area contributed by atoms with Gasteiger partial charge < -0.3 is 10.4 Å². The smallest absolute Gasteiger partial charge is 0.0541 e. The molecule has 1 aliphatic rings. The first-order valence-electron chi connectivity index (χ1n) is 3.69. The molecule has 0 radical (unpaired) electrons. The second kappa shape index (κ2) is 4.94. The van der Waals surface area contributed by atoms with E-state index in [0.717, 1.165) is 25.9 Å². The Morgan fingerprint density at radius 2 is 1.90 bits per heavy atom. The molecule has 2 nitrogen and oxygen atoms in total. The van der Waals surface area contributed by atoms with Crippen LogP contribution in [-0.2, 0) is 0 Å². The van der Waals surface area contributed by atoms with E-state index in [0.29, 0.717) is 5.92 Å². The predicted molar refractivity (Wildman–Crippen MR) is 44.5 cm³/mol. The van der Waals surface area contributed by atoms with Crippen molar-refractivity contribution < 1.29 is 5.11 Å². The Balaban J connectivity index is 0.000000810. The van der Waals surface area contributed by atoms with Crippen LogP contribution in [0.2, 0.25) is 0 Å². The Kier molecular flexibility index (Phi) is 5.04. The minimum absolute atomic E-state index is 0. The molecule has 1 aliphatic heterocycles. The van der Waals surface area contributed by atoms with Crippen molar-refractivity contribution in [1.29, 1.82) is 0 Å². The van der Waals surface area contributed by atoms with Crippen molar-refractivity contribution in [2.24, 2.45) is 5.92 Å². The molecule has 1 rings (SSSR count). The second-order valence-electron chi connectivity index (χ2n) is 2.83. The molecule has 0 aliphatic carbocycles. The van der Waals surface area contributed by atoms with Gasteiger partial charge in [-0.25, -0.2) is 0 Å². The van der Waals surface area contributed by atoms with Crippen LogP contribution in [-0.4, -0.2) is 24.3 Å². The molecule has 0 bridgehead atoms. The SMILES string of the molecule is C[C@@H](O)C1CCNCC1.Cl. The summed E-state index contributed by atoms with van der Waals surface area (Å²) in [4.78, 5) is 0. The highest BCUT2D eigenvalue weighted by Crippen LogP contribution is 2.14. The Bertz CT molecular complexity index is 81.7. The molecule has 3 heteroatoms. The minimum Gasteiger partial charge on any atom is -0.393 e. The average molecular weight is 166 g/mol. The Morgan fingerprint density at radius 3 is 2.20 bits per heavy atom. The maximum atomic E-state index is 9.15. The molecule has 0 aromatic rings. The molecule has 1 fully saturated rings. The summed E-state index contributed by atoms with van der Waals surface area (Å²) in [6.07, 6.45) is 2.17. The van der Waals surface area contributed by atoms with Crippen LogP contribution in [0.4, 0.5) is 0 Å². The largest absolute Gasteiger partial charge is 0.393 e. The molecular formula is C7H16ClNO. The second-order valence-corrected chi connectivity index (χ2v) is 2.83. The number of aliphatic hydroxyl groups excluding tert-OH is 1. The minimum atomic E-state index is -0.105. The van der Waals surface area contributed by atoms with Crippen LogP contribution in [0.25, 0.3) is 0 Å². The van der Waals surface area contributed by atoms with Gasteiger partial charge in [-0.1, -0.05) is 0 Å². The van der Waals surface area contributed by atoms with E-state index in [4.69, 9.17) is 5.11 Å². The summed E-state index contributed by atoms with van der Waals surface area (Å²) in [5.74, 6) is 0.547. The van der Waals surface area contributed by atoms with Crippen LogP contribution in [0.15, 0.2) is 0 Å². The van der Waals surface area contributed by atoms with Gasteiger partial charge in [0.2, 0.25) is 0 Å². The van der Waals surface area contributed by atoms with E-state index in [9.17, 15) is 0 Å². The van der Waals surface area contributed by atoms with Gasteiger partial charge in [-0.2, -0.15) is 0 Å². The lowest BCUT2D eigenvalue weighted by molar-refractivity contribution is 0.105. The standard InChI is InChI=1S/C7H15NO.ClH/c1-6(9)7-2-4-8-5-3-7;/h6-9H,2-5H2,1H3;1H/t6-;/m1./s1. The van der Waals surface area contributed by atoms with Crippen molar-refractivity contribution in [3.8, 4) is 0 Å². The number of rotatable bonds is 1. The van der Waals surface area contributed by atoms with Gasteiger partial charge in [-0.3, -0.25) is 0 Å². The molecule has 0 unspecified atom stereocenters. The van der Waals surface area contributed by atoms with Crippen LogP contribution >= 0.6 is 12.4 Å². The zero-order chi connectivity index (χ0) is 6.69. The highest BCUT2D eigenvalue weighted by molar-refractivity contribution is 5.85. The quantitative estimate of drug-likeness (QED) is 0.602. The van der Waals surface area contributed by atoms with Gasteiger partial charge in [0.25, 0.3) is 0 Å². The molecule has 0 aromatic heterocycles. The fraction of sp³-hybridized carbons (Fsp3) is 1.00. The van der Waals surface area contributed by atoms with Gasteiger partial charge in [-0.15, -0.1) is 12.4 Å². The first kappa shape index (κ1) is 10.2. The summed E-state index contributed by atoms with van der Waals surface area (Å²) < 4.78 is 0. The van der Waals surface area contributed by atoms with E-state index in [1.807, 2.05) is 6.92 Å². The first-order valence-corrected chi connectivity index (χ1v) is 3.69. The third kappa shape index (κ3) is 2.86. The zero-order valence-electron chi connectivity index (χ0n) is 6.34. The summed E-state index contributed by atoms with van der Waals surface area (Å²) in [7, 11) is 0. The highest BCUT2D eigenvalue weighted by atomic mass is 35.5. The maximum Gasteiger partial charge on any atom is 0.0541 e. The van der Waals surface area contributed by atoms with Gasteiger partial charge in [-0.05, 0) is 38.8 Å². The number of halogens is 1. The molecule has 1 atom stereocenters. The number of hydrogen-bond acceptors (Lipinski definition) is 2.